The van der Waals surface area contributed by atoms with Crippen LogP contribution in [0.4, 0.5) is 0 Å². The van der Waals surface area contributed by atoms with Crippen molar-refractivity contribution in [1.82, 2.24) is 13.8 Å². The molecule has 3 rings (SSSR count). The first-order valence-electron chi connectivity index (χ1n) is 7.97. The van der Waals surface area contributed by atoms with Gasteiger partial charge in [-0.15, -0.1) is 6.58 Å². The van der Waals surface area contributed by atoms with Gasteiger partial charge in [-0.1, -0.05) is 35.9 Å². The fourth-order valence-electron chi connectivity index (χ4n) is 3.12. The Labute approximate surface area is 148 Å². The Balaban J connectivity index is 2.05. The van der Waals surface area contributed by atoms with Gasteiger partial charge in [0.1, 0.15) is 5.15 Å². The number of likely N-dealkylation sites (N-methyl/N-ethyl adjacent to an activating group) is 1. The zero-order chi connectivity index (χ0) is 17.3. The molecule has 130 valence electrons. The number of halogens is 1. The number of fused-ring (bicyclic) bond motifs is 1. The van der Waals surface area contributed by atoms with Crippen LogP contribution in [0.3, 0.4) is 0 Å². The van der Waals surface area contributed by atoms with Crippen LogP contribution in [0.1, 0.15) is 5.56 Å². The molecular formula is C17H22ClN3O2S. The molecule has 0 N–H and O–H groups in total. The quantitative estimate of drug-likeness (QED) is 0.761. The molecule has 1 aromatic carbocycles. The highest BCUT2D eigenvalue weighted by atomic mass is 35.5. The molecule has 0 amide bonds. The molecule has 1 fully saturated rings. The molecule has 1 aliphatic heterocycles. The van der Waals surface area contributed by atoms with Crippen molar-refractivity contribution in [2.45, 2.75) is 6.54 Å². The van der Waals surface area contributed by atoms with Crippen LogP contribution in [0.25, 0.3) is 10.9 Å². The Morgan fingerprint density at radius 1 is 1.21 bits per heavy atom. The zero-order valence-electron chi connectivity index (χ0n) is 13.8. The minimum absolute atomic E-state index is 0.140. The van der Waals surface area contributed by atoms with Gasteiger partial charge in [0.15, 0.2) is 0 Å². The number of hydrogen-bond acceptors (Lipinski definition) is 4. The molecule has 0 bridgehead atoms. The summed E-state index contributed by atoms with van der Waals surface area (Å²) in [6.07, 6.45) is 1.39. The Hall–Kier alpha value is -1.34. The van der Waals surface area contributed by atoms with Crippen molar-refractivity contribution >= 4 is 32.5 Å². The van der Waals surface area contributed by atoms with E-state index in [4.69, 9.17) is 11.6 Å². The first kappa shape index (κ1) is 17.5. The average Bonchev–Trinajstić information content (AvgIpc) is 2.82. The number of para-hydroxylation sites is 1. The van der Waals surface area contributed by atoms with Gasteiger partial charge in [-0.3, -0.25) is 4.90 Å². The van der Waals surface area contributed by atoms with Gasteiger partial charge in [0.25, 0.3) is 0 Å². The first-order valence-corrected chi connectivity index (χ1v) is 9.95. The third kappa shape index (κ3) is 3.24. The largest absolute Gasteiger partial charge is 0.304 e. The second kappa shape index (κ2) is 6.88. The maximum atomic E-state index is 12.6. The molecule has 0 saturated carbocycles. The lowest BCUT2D eigenvalue weighted by Crippen LogP contribution is -2.43. The fourth-order valence-corrected chi connectivity index (χ4v) is 4.95. The molecule has 1 saturated heterocycles. The Morgan fingerprint density at radius 2 is 1.88 bits per heavy atom. The summed E-state index contributed by atoms with van der Waals surface area (Å²) in [5, 5.41) is 1.19. The SMILES string of the molecule is C=CCS(=O)(=O)n1c(Cl)c(CN2CCN(C)CC2)c2ccccc21. The van der Waals surface area contributed by atoms with E-state index >= 15 is 0 Å². The van der Waals surface area contributed by atoms with Crippen molar-refractivity contribution in [3.63, 3.8) is 0 Å². The van der Waals surface area contributed by atoms with E-state index in [0.29, 0.717) is 12.1 Å². The number of piperazine rings is 1. The van der Waals surface area contributed by atoms with E-state index in [-0.39, 0.29) is 10.9 Å². The molecule has 0 spiro atoms. The molecule has 1 aliphatic rings. The van der Waals surface area contributed by atoms with E-state index in [9.17, 15) is 8.42 Å². The predicted molar refractivity (Wildman–Crippen MR) is 99.1 cm³/mol. The molecule has 2 heterocycles. The lowest BCUT2D eigenvalue weighted by Gasteiger charge is -2.32. The standard InChI is InChI=1S/C17H22ClN3O2S/c1-3-12-24(22,23)21-16-7-5-4-6-14(16)15(17(21)18)13-20-10-8-19(2)9-11-20/h3-7H,1,8-13H2,2H3. The summed E-state index contributed by atoms with van der Waals surface area (Å²) < 4.78 is 26.5. The summed E-state index contributed by atoms with van der Waals surface area (Å²) in [5.41, 5.74) is 1.51. The number of benzene rings is 1. The van der Waals surface area contributed by atoms with Crippen LogP contribution < -0.4 is 0 Å². The molecule has 0 unspecified atom stereocenters. The highest BCUT2D eigenvalue weighted by Crippen LogP contribution is 2.33. The molecule has 7 heteroatoms. The number of aromatic nitrogens is 1. The number of nitrogens with zero attached hydrogens (tertiary/aromatic N) is 3. The summed E-state index contributed by atoms with van der Waals surface area (Å²) in [6.45, 7) is 8.11. The van der Waals surface area contributed by atoms with E-state index in [1.54, 1.807) is 6.07 Å². The zero-order valence-corrected chi connectivity index (χ0v) is 15.4. The molecule has 2 aromatic rings. The second-order valence-corrected chi connectivity index (χ2v) is 8.42. The Bertz CT molecular complexity index is 852. The van der Waals surface area contributed by atoms with Crippen molar-refractivity contribution in [2.24, 2.45) is 0 Å². The van der Waals surface area contributed by atoms with Crippen molar-refractivity contribution in [3.05, 3.63) is 47.6 Å². The summed E-state index contributed by atoms with van der Waals surface area (Å²) in [4.78, 5) is 4.61. The Kier molecular flexibility index (Phi) is 5.01. The summed E-state index contributed by atoms with van der Waals surface area (Å²) in [6, 6.07) is 7.48. The lowest BCUT2D eigenvalue weighted by atomic mass is 10.1. The van der Waals surface area contributed by atoms with Crippen LogP contribution in [0.2, 0.25) is 5.15 Å². The first-order chi connectivity index (χ1) is 11.4. The smallest absolute Gasteiger partial charge is 0.243 e. The third-order valence-corrected chi connectivity index (χ3v) is 6.55. The van der Waals surface area contributed by atoms with E-state index in [1.165, 1.54) is 10.0 Å². The van der Waals surface area contributed by atoms with Crippen molar-refractivity contribution in [1.29, 1.82) is 0 Å². The second-order valence-electron chi connectivity index (χ2n) is 6.20. The van der Waals surface area contributed by atoms with Crippen LogP contribution in [0, 0.1) is 0 Å². The monoisotopic (exact) mass is 367 g/mol. The lowest BCUT2D eigenvalue weighted by molar-refractivity contribution is 0.148. The van der Waals surface area contributed by atoms with Gasteiger partial charge in [-0.2, -0.15) is 0 Å². The minimum atomic E-state index is -3.56. The van der Waals surface area contributed by atoms with Gasteiger partial charge in [-0.25, -0.2) is 12.4 Å². The van der Waals surface area contributed by atoms with Crippen molar-refractivity contribution in [2.75, 3.05) is 39.0 Å². The summed E-state index contributed by atoms with van der Waals surface area (Å²) >= 11 is 6.53. The molecule has 5 nitrogen and oxygen atoms in total. The minimum Gasteiger partial charge on any atom is -0.304 e. The van der Waals surface area contributed by atoms with Crippen LogP contribution in [-0.4, -0.2) is 61.2 Å². The molecule has 24 heavy (non-hydrogen) atoms. The Morgan fingerprint density at radius 3 is 2.54 bits per heavy atom. The van der Waals surface area contributed by atoms with Crippen LogP contribution in [-0.2, 0) is 16.6 Å². The summed E-state index contributed by atoms with van der Waals surface area (Å²) in [7, 11) is -1.45. The average molecular weight is 368 g/mol. The highest BCUT2D eigenvalue weighted by molar-refractivity contribution is 7.90. The van der Waals surface area contributed by atoms with Crippen molar-refractivity contribution in [3.8, 4) is 0 Å². The van der Waals surface area contributed by atoms with Crippen molar-refractivity contribution < 1.29 is 8.42 Å². The van der Waals surface area contributed by atoms with Gasteiger partial charge in [-0.05, 0) is 13.1 Å². The predicted octanol–water partition coefficient (Wildman–Crippen LogP) is 2.41. The number of rotatable bonds is 5. The molecule has 0 atom stereocenters. The van der Waals surface area contributed by atoms with Crippen LogP contribution in [0.5, 0.6) is 0 Å². The third-order valence-electron chi connectivity index (χ3n) is 4.46. The van der Waals surface area contributed by atoms with Gasteiger partial charge < -0.3 is 4.90 Å². The highest BCUT2D eigenvalue weighted by Gasteiger charge is 2.25. The van der Waals surface area contributed by atoms with Gasteiger partial charge in [0.05, 0.1) is 11.3 Å². The van der Waals surface area contributed by atoms with Gasteiger partial charge in [0.2, 0.25) is 10.0 Å². The topological polar surface area (TPSA) is 45.6 Å². The van der Waals surface area contributed by atoms with E-state index in [0.717, 1.165) is 37.1 Å². The van der Waals surface area contributed by atoms with E-state index in [1.807, 2.05) is 18.2 Å². The van der Waals surface area contributed by atoms with E-state index in [2.05, 4.69) is 23.4 Å². The van der Waals surface area contributed by atoms with Crippen LogP contribution >= 0.6 is 11.6 Å². The summed E-state index contributed by atoms with van der Waals surface area (Å²) in [5.74, 6) is -0.140. The van der Waals surface area contributed by atoms with Gasteiger partial charge in [0, 0.05) is 43.7 Å². The molecule has 0 radical (unpaired) electrons. The normalized spacial score (nSPS) is 17.4. The molecule has 1 aromatic heterocycles. The maximum absolute atomic E-state index is 12.6. The molecule has 0 aliphatic carbocycles. The van der Waals surface area contributed by atoms with Crippen LogP contribution in [0.15, 0.2) is 36.9 Å². The van der Waals surface area contributed by atoms with Gasteiger partial charge >= 0.3 is 0 Å². The van der Waals surface area contributed by atoms with E-state index < -0.39 is 10.0 Å². The number of hydrogen-bond donors (Lipinski definition) is 0. The fraction of sp³-hybridized carbons (Fsp3) is 0.412. The maximum Gasteiger partial charge on any atom is 0.243 e. The molecular weight excluding hydrogens is 346 g/mol.